The molecule has 1 aliphatic heterocycles. The molecule has 162 valence electrons. The lowest BCUT2D eigenvalue weighted by Crippen LogP contribution is -2.48. The highest BCUT2D eigenvalue weighted by Gasteiger charge is 2.42. The number of nitrogens with one attached hydrogen (secondary N) is 1. The lowest BCUT2D eigenvalue weighted by Gasteiger charge is -2.37. The number of hydrogen-bond acceptors (Lipinski definition) is 3. The van der Waals surface area contributed by atoms with Gasteiger partial charge in [-0.05, 0) is 68.7 Å². The van der Waals surface area contributed by atoms with Crippen molar-refractivity contribution >= 4 is 21.8 Å². The molecular weight excluding hydrogens is 461 g/mol. The third-order valence-corrected chi connectivity index (χ3v) is 6.64. The van der Waals surface area contributed by atoms with Gasteiger partial charge in [-0.25, -0.2) is 9.07 Å². The van der Waals surface area contributed by atoms with E-state index in [4.69, 9.17) is 4.74 Å². The highest BCUT2D eigenvalue weighted by molar-refractivity contribution is 9.10. The van der Waals surface area contributed by atoms with E-state index in [0.29, 0.717) is 26.1 Å². The maximum Gasteiger partial charge on any atom is 0.231 e. The van der Waals surface area contributed by atoms with Crippen molar-refractivity contribution in [3.63, 3.8) is 0 Å². The molecule has 0 bridgehead atoms. The number of benzene rings is 2. The van der Waals surface area contributed by atoms with Crippen LogP contribution in [0.5, 0.6) is 0 Å². The van der Waals surface area contributed by atoms with Crippen molar-refractivity contribution in [3.8, 4) is 5.69 Å². The van der Waals surface area contributed by atoms with E-state index in [2.05, 4.69) is 26.3 Å². The van der Waals surface area contributed by atoms with Gasteiger partial charge in [0, 0.05) is 28.9 Å². The van der Waals surface area contributed by atoms with Gasteiger partial charge in [-0.3, -0.25) is 4.79 Å². The van der Waals surface area contributed by atoms with Crippen LogP contribution < -0.4 is 5.32 Å². The lowest BCUT2D eigenvalue weighted by molar-refractivity contribution is -0.131. The Hall–Kier alpha value is -2.51. The molecule has 2 heterocycles. The van der Waals surface area contributed by atoms with Crippen LogP contribution in [0.1, 0.15) is 42.6 Å². The van der Waals surface area contributed by atoms with E-state index < -0.39 is 5.41 Å². The molecule has 1 unspecified atom stereocenters. The second-order valence-corrected chi connectivity index (χ2v) is 8.89. The predicted octanol–water partition coefficient (Wildman–Crippen LogP) is 5.01. The number of carbonyl (C=O) groups is 1. The Kier molecular flexibility index (Phi) is 6.25. The zero-order valence-corrected chi connectivity index (χ0v) is 19.2. The Bertz CT molecular complexity index is 1060. The molecule has 0 spiro atoms. The van der Waals surface area contributed by atoms with Crippen LogP contribution in [0.3, 0.4) is 0 Å². The van der Waals surface area contributed by atoms with Crippen LogP contribution in [-0.4, -0.2) is 28.9 Å². The summed E-state index contributed by atoms with van der Waals surface area (Å²) in [6, 6.07) is 13.9. The predicted molar refractivity (Wildman–Crippen MR) is 121 cm³/mol. The average Bonchev–Trinajstić information content (AvgIpc) is 3.16. The molecule has 3 aromatic rings. The number of aromatic nitrogens is 2. The van der Waals surface area contributed by atoms with Gasteiger partial charge in [0.25, 0.3) is 0 Å². The maximum atomic E-state index is 13.6. The summed E-state index contributed by atoms with van der Waals surface area (Å²) in [6.45, 7) is 5.03. The largest absolute Gasteiger partial charge is 0.381 e. The molecule has 4 rings (SSSR count). The quantitative estimate of drug-likeness (QED) is 0.552. The molecule has 31 heavy (non-hydrogen) atoms. The first-order valence-electron chi connectivity index (χ1n) is 10.4. The van der Waals surface area contributed by atoms with Gasteiger partial charge in [0.15, 0.2) is 0 Å². The SMILES string of the molecule is Cc1c(C(C)NC(=O)C2(c3ccc(Br)cc3)CCOCC2)cnn1-c1ccc(F)cc1. The Morgan fingerprint density at radius 1 is 1.16 bits per heavy atom. The summed E-state index contributed by atoms with van der Waals surface area (Å²) >= 11 is 3.47. The molecule has 5 nitrogen and oxygen atoms in total. The van der Waals surface area contributed by atoms with Crippen LogP contribution >= 0.6 is 15.9 Å². The van der Waals surface area contributed by atoms with Crippen LogP contribution in [0.25, 0.3) is 5.69 Å². The number of rotatable bonds is 5. The molecular formula is C24H25BrFN3O2. The smallest absolute Gasteiger partial charge is 0.231 e. The summed E-state index contributed by atoms with van der Waals surface area (Å²) in [7, 11) is 0. The van der Waals surface area contributed by atoms with Crippen LogP contribution in [0.4, 0.5) is 4.39 Å². The van der Waals surface area contributed by atoms with Crippen molar-refractivity contribution in [2.45, 2.75) is 38.1 Å². The summed E-state index contributed by atoms with van der Waals surface area (Å²) in [6.07, 6.45) is 3.04. The summed E-state index contributed by atoms with van der Waals surface area (Å²) in [5.74, 6) is -0.288. The van der Waals surface area contributed by atoms with Gasteiger partial charge >= 0.3 is 0 Å². The second kappa shape index (κ2) is 8.93. The van der Waals surface area contributed by atoms with Gasteiger partial charge in [0.1, 0.15) is 5.82 Å². The minimum Gasteiger partial charge on any atom is -0.381 e. The topological polar surface area (TPSA) is 56.1 Å². The molecule has 7 heteroatoms. The number of halogens is 2. The van der Waals surface area contributed by atoms with E-state index >= 15 is 0 Å². The third kappa shape index (κ3) is 4.29. The van der Waals surface area contributed by atoms with Crippen molar-refractivity contribution in [2.24, 2.45) is 0 Å². The van der Waals surface area contributed by atoms with Gasteiger partial charge in [-0.2, -0.15) is 5.10 Å². The van der Waals surface area contributed by atoms with Gasteiger partial charge in [-0.1, -0.05) is 28.1 Å². The number of ether oxygens (including phenoxy) is 1. The highest BCUT2D eigenvalue weighted by Crippen LogP contribution is 2.36. The fourth-order valence-electron chi connectivity index (χ4n) is 4.24. The van der Waals surface area contributed by atoms with Gasteiger partial charge in [0.05, 0.1) is 23.3 Å². The van der Waals surface area contributed by atoms with Crippen LogP contribution in [0.2, 0.25) is 0 Å². The normalized spacial score (nSPS) is 16.6. The van der Waals surface area contributed by atoms with E-state index in [9.17, 15) is 9.18 Å². The van der Waals surface area contributed by atoms with Crippen LogP contribution in [0, 0.1) is 12.7 Å². The lowest BCUT2D eigenvalue weighted by atomic mass is 9.73. The molecule has 1 fully saturated rings. The Labute approximate surface area is 189 Å². The zero-order valence-electron chi connectivity index (χ0n) is 17.6. The number of carbonyl (C=O) groups excluding carboxylic acids is 1. The van der Waals surface area contributed by atoms with Gasteiger partial charge < -0.3 is 10.1 Å². The van der Waals surface area contributed by atoms with Crippen molar-refractivity contribution in [3.05, 3.63) is 81.8 Å². The Balaban J connectivity index is 1.58. The third-order valence-electron chi connectivity index (χ3n) is 6.11. The van der Waals surface area contributed by atoms with Crippen molar-refractivity contribution in [1.82, 2.24) is 15.1 Å². The summed E-state index contributed by atoms with van der Waals surface area (Å²) in [5.41, 5.74) is 3.00. The van der Waals surface area contributed by atoms with E-state index in [1.54, 1.807) is 23.0 Å². The molecule has 1 N–H and O–H groups in total. The molecule has 1 saturated heterocycles. The van der Waals surface area contributed by atoms with Crippen LogP contribution in [-0.2, 0) is 14.9 Å². The minimum atomic E-state index is -0.617. The molecule has 0 aliphatic carbocycles. The number of amides is 1. The molecule has 1 aliphatic rings. The first kappa shape index (κ1) is 21.7. The fourth-order valence-corrected chi connectivity index (χ4v) is 4.50. The minimum absolute atomic E-state index is 0.000412. The summed E-state index contributed by atoms with van der Waals surface area (Å²) in [5, 5.41) is 7.67. The van der Waals surface area contributed by atoms with E-state index in [0.717, 1.165) is 27.0 Å². The number of hydrogen-bond donors (Lipinski definition) is 1. The van der Waals surface area contributed by atoms with E-state index in [1.165, 1.54) is 12.1 Å². The fraction of sp³-hybridized carbons (Fsp3) is 0.333. The first-order chi connectivity index (χ1) is 14.9. The maximum absolute atomic E-state index is 13.6. The van der Waals surface area contributed by atoms with Crippen molar-refractivity contribution < 1.29 is 13.9 Å². The van der Waals surface area contributed by atoms with Crippen molar-refractivity contribution in [2.75, 3.05) is 13.2 Å². The molecule has 1 aromatic heterocycles. The standard InChI is InChI=1S/C24H25BrFN3O2/c1-16(22-15-27-29(17(22)2)21-9-7-20(26)8-10-21)28-23(30)24(11-13-31-14-12-24)18-3-5-19(25)6-4-18/h3-10,15-16H,11-14H2,1-2H3,(H,28,30). The summed E-state index contributed by atoms with van der Waals surface area (Å²) < 4.78 is 21.6. The Morgan fingerprint density at radius 3 is 2.45 bits per heavy atom. The molecule has 1 atom stereocenters. The van der Waals surface area contributed by atoms with E-state index in [1.807, 2.05) is 38.1 Å². The zero-order chi connectivity index (χ0) is 22.0. The Morgan fingerprint density at radius 2 is 1.81 bits per heavy atom. The van der Waals surface area contributed by atoms with Crippen LogP contribution in [0.15, 0.2) is 59.2 Å². The highest BCUT2D eigenvalue weighted by atomic mass is 79.9. The van der Waals surface area contributed by atoms with Gasteiger partial charge in [0.2, 0.25) is 5.91 Å². The van der Waals surface area contributed by atoms with Gasteiger partial charge in [-0.15, -0.1) is 0 Å². The first-order valence-corrected chi connectivity index (χ1v) is 11.2. The van der Waals surface area contributed by atoms with E-state index in [-0.39, 0.29) is 17.8 Å². The van der Waals surface area contributed by atoms with Crippen molar-refractivity contribution in [1.29, 1.82) is 0 Å². The average molecular weight is 486 g/mol. The molecule has 1 amide bonds. The molecule has 0 radical (unpaired) electrons. The molecule has 0 saturated carbocycles. The second-order valence-electron chi connectivity index (χ2n) is 7.97. The molecule has 2 aromatic carbocycles. The monoisotopic (exact) mass is 485 g/mol. The summed E-state index contributed by atoms with van der Waals surface area (Å²) in [4.78, 5) is 13.6. The number of nitrogens with zero attached hydrogens (tertiary/aromatic N) is 2.